The molecule has 0 radical (unpaired) electrons. The SMILES string of the molecule is CCCc1c(OS(=O)(=O)c2cn(C)cn2)cc2oc3cc(Cl)cn3c(=O)c2c1O. The van der Waals surface area contributed by atoms with Crippen LogP contribution in [0.2, 0.25) is 5.02 Å². The van der Waals surface area contributed by atoms with Gasteiger partial charge in [0.1, 0.15) is 16.7 Å². The van der Waals surface area contributed by atoms with E-state index >= 15 is 0 Å². The Hall–Kier alpha value is -2.98. The maximum atomic E-state index is 12.8. The zero-order chi connectivity index (χ0) is 20.9. The van der Waals surface area contributed by atoms with Gasteiger partial charge in [0.15, 0.2) is 5.75 Å². The molecule has 0 saturated carbocycles. The summed E-state index contributed by atoms with van der Waals surface area (Å²) >= 11 is 5.94. The molecule has 0 amide bonds. The Balaban J connectivity index is 1.96. The Bertz CT molecular complexity index is 1420. The van der Waals surface area contributed by atoms with E-state index in [0.29, 0.717) is 6.42 Å². The van der Waals surface area contributed by atoms with Gasteiger partial charge in [-0.2, -0.15) is 8.42 Å². The summed E-state index contributed by atoms with van der Waals surface area (Å²) in [5.74, 6) is -0.524. The summed E-state index contributed by atoms with van der Waals surface area (Å²) in [6.45, 7) is 1.85. The molecule has 0 atom stereocenters. The van der Waals surface area contributed by atoms with Gasteiger partial charge >= 0.3 is 10.1 Å². The van der Waals surface area contributed by atoms with E-state index in [2.05, 4.69) is 4.98 Å². The van der Waals surface area contributed by atoms with E-state index in [-0.39, 0.29) is 44.5 Å². The topological polar surface area (TPSA) is 116 Å². The van der Waals surface area contributed by atoms with Crippen LogP contribution in [0.3, 0.4) is 0 Å². The molecule has 11 heteroatoms. The molecule has 9 nitrogen and oxygen atoms in total. The van der Waals surface area contributed by atoms with Crippen molar-refractivity contribution in [1.82, 2.24) is 14.0 Å². The van der Waals surface area contributed by atoms with Crippen molar-refractivity contribution in [1.29, 1.82) is 0 Å². The van der Waals surface area contributed by atoms with Gasteiger partial charge in [-0.1, -0.05) is 24.9 Å². The average molecular weight is 438 g/mol. The molecule has 4 rings (SSSR count). The largest absolute Gasteiger partial charge is 0.507 e. The lowest BCUT2D eigenvalue weighted by Gasteiger charge is -2.13. The summed E-state index contributed by atoms with van der Waals surface area (Å²) in [6, 6.07) is 2.72. The normalized spacial score (nSPS) is 12.1. The van der Waals surface area contributed by atoms with Gasteiger partial charge in [-0.05, 0) is 6.42 Å². The van der Waals surface area contributed by atoms with Gasteiger partial charge < -0.3 is 18.3 Å². The summed E-state index contributed by atoms with van der Waals surface area (Å²) < 4.78 is 38.8. The van der Waals surface area contributed by atoms with Gasteiger partial charge in [0.2, 0.25) is 10.7 Å². The second-order valence-electron chi connectivity index (χ2n) is 6.51. The van der Waals surface area contributed by atoms with E-state index in [4.69, 9.17) is 20.2 Å². The highest BCUT2D eigenvalue weighted by molar-refractivity contribution is 7.87. The highest BCUT2D eigenvalue weighted by atomic mass is 35.5. The molecular weight excluding hydrogens is 422 g/mol. The zero-order valence-corrected chi connectivity index (χ0v) is 17.0. The Morgan fingerprint density at radius 1 is 1.31 bits per heavy atom. The molecule has 0 fully saturated rings. The molecule has 0 aliphatic carbocycles. The molecule has 1 aromatic carbocycles. The van der Waals surface area contributed by atoms with Crippen LogP contribution in [0.1, 0.15) is 18.9 Å². The van der Waals surface area contributed by atoms with Gasteiger partial charge in [0, 0.05) is 37.1 Å². The van der Waals surface area contributed by atoms with Crippen LogP contribution in [0.15, 0.2) is 45.1 Å². The minimum Gasteiger partial charge on any atom is -0.507 e. The molecule has 29 heavy (non-hydrogen) atoms. The number of aromatic hydroxyl groups is 1. The predicted molar refractivity (Wildman–Crippen MR) is 105 cm³/mol. The number of hydrogen-bond acceptors (Lipinski definition) is 7. The van der Waals surface area contributed by atoms with Crippen molar-refractivity contribution in [2.45, 2.75) is 24.8 Å². The number of rotatable bonds is 5. The van der Waals surface area contributed by atoms with E-state index in [1.54, 1.807) is 7.05 Å². The second kappa shape index (κ2) is 6.82. The summed E-state index contributed by atoms with van der Waals surface area (Å²) in [5.41, 5.74) is -0.235. The fourth-order valence-electron chi connectivity index (χ4n) is 3.08. The Morgan fingerprint density at radius 2 is 2.07 bits per heavy atom. The van der Waals surface area contributed by atoms with Crippen LogP contribution in [0.4, 0.5) is 0 Å². The number of hydrogen-bond donors (Lipinski definition) is 1. The van der Waals surface area contributed by atoms with Crippen LogP contribution in [-0.4, -0.2) is 27.5 Å². The molecule has 0 aliphatic heterocycles. The molecule has 0 saturated heterocycles. The summed E-state index contributed by atoms with van der Waals surface area (Å²) in [5, 5.41) is 10.7. The first kappa shape index (κ1) is 19.3. The van der Waals surface area contributed by atoms with E-state index in [9.17, 15) is 18.3 Å². The number of halogens is 1. The van der Waals surface area contributed by atoms with E-state index < -0.39 is 21.4 Å². The molecule has 0 unspecified atom stereocenters. The monoisotopic (exact) mass is 437 g/mol. The first-order chi connectivity index (χ1) is 13.7. The molecule has 3 aromatic heterocycles. The summed E-state index contributed by atoms with van der Waals surface area (Å²) in [6.07, 6.45) is 4.84. The zero-order valence-electron chi connectivity index (χ0n) is 15.4. The third-order valence-electron chi connectivity index (χ3n) is 4.36. The maximum Gasteiger partial charge on any atom is 0.358 e. The van der Waals surface area contributed by atoms with Gasteiger partial charge in [-0.15, -0.1) is 0 Å². The van der Waals surface area contributed by atoms with Crippen LogP contribution in [0.5, 0.6) is 11.5 Å². The van der Waals surface area contributed by atoms with Crippen molar-refractivity contribution in [3.8, 4) is 11.5 Å². The number of benzene rings is 1. The number of imidazole rings is 1. The quantitative estimate of drug-likeness (QED) is 0.477. The molecule has 1 N–H and O–H groups in total. The highest BCUT2D eigenvalue weighted by Crippen LogP contribution is 2.37. The van der Waals surface area contributed by atoms with Crippen molar-refractivity contribution >= 4 is 38.4 Å². The van der Waals surface area contributed by atoms with Crippen LogP contribution in [0.25, 0.3) is 16.7 Å². The molecule has 0 bridgehead atoms. The number of phenols is 1. The number of phenolic OH excluding ortho intramolecular Hbond substituents is 1. The molecule has 4 aromatic rings. The maximum absolute atomic E-state index is 12.8. The summed E-state index contributed by atoms with van der Waals surface area (Å²) in [4.78, 5) is 16.6. The first-order valence-electron chi connectivity index (χ1n) is 8.63. The average Bonchev–Trinajstić information content (AvgIpc) is 3.24. The van der Waals surface area contributed by atoms with Crippen molar-refractivity contribution < 1.29 is 22.1 Å². The van der Waals surface area contributed by atoms with E-state index in [1.807, 2.05) is 6.92 Å². The van der Waals surface area contributed by atoms with Crippen LogP contribution in [-0.2, 0) is 23.6 Å². The number of aryl methyl sites for hydroxylation is 1. The lowest BCUT2D eigenvalue weighted by Crippen LogP contribution is -2.14. The molecule has 0 spiro atoms. The third-order valence-corrected chi connectivity index (χ3v) is 5.69. The first-order valence-corrected chi connectivity index (χ1v) is 10.4. The number of fused-ring (bicyclic) bond motifs is 2. The van der Waals surface area contributed by atoms with Crippen molar-refractivity contribution in [3.63, 3.8) is 0 Å². The van der Waals surface area contributed by atoms with Gasteiger partial charge in [-0.25, -0.2) is 4.98 Å². The van der Waals surface area contributed by atoms with Gasteiger partial charge in [-0.3, -0.25) is 9.20 Å². The van der Waals surface area contributed by atoms with Crippen LogP contribution in [0, 0.1) is 0 Å². The lowest BCUT2D eigenvalue weighted by atomic mass is 10.0. The Labute approximate surface area is 169 Å². The van der Waals surface area contributed by atoms with Gasteiger partial charge in [0.05, 0.1) is 11.3 Å². The standard InChI is InChI=1S/C18H16ClN3O6S/c1-3-4-11-12(28-29(25,26)14-8-21(2)9-20-14)6-13-16(17(11)23)18(24)22-7-10(19)5-15(22)27-13/h5-9,23H,3-4H2,1-2H3. The van der Waals surface area contributed by atoms with Crippen LogP contribution < -0.4 is 9.74 Å². The number of aromatic nitrogens is 3. The fraction of sp³-hybridized carbons (Fsp3) is 0.222. The minimum atomic E-state index is -4.26. The predicted octanol–water partition coefficient (Wildman–Crippen LogP) is 2.86. The molecular formula is C18H16ClN3O6S. The Kier molecular flexibility index (Phi) is 4.55. The smallest absolute Gasteiger partial charge is 0.358 e. The highest BCUT2D eigenvalue weighted by Gasteiger charge is 2.25. The third kappa shape index (κ3) is 3.23. The van der Waals surface area contributed by atoms with Crippen molar-refractivity contribution in [2.75, 3.05) is 0 Å². The molecule has 152 valence electrons. The number of nitrogens with zero attached hydrogens (tertiary/aromatic N) is 3. The Morgan fingerprint density at radius 3 is 2.72 bits per heavy atom. The second-order valence-corrected chi connectivity index (χ2v) is 8.44. The molecule has 3 heterocycles. The van der Waals surface area contributed by atoms with Crippen molar-refractivity contribution in [3.05, 3.63) is 51.8 Å². The minimum absolute atomic E-state index is 0.0270. The fourth-order valence-corrected chi connectivity index (χ4v) is 4.21. The van der Waals surface area contributed by atoms with Gasteiger partial charge in [0.25, 0.3) is 5.56 Å². The summed E-state index contributed by atoms with van der Waals surface area (Å²) in [7, 11) is -2.63. The van der Waals surface area contributed by atoms with E-state index in [1.165, 1.54) is 39.8 Å². The lowest BCUT2D eigenvalue weighted by molar-refractivity contribution is 0.454. The molecule has 0 aliphatic rings. The van der Waals surface area contributed by atoms with Crippen molar-refractivity contribution in [2.24, 2.45) is 7.05 Å². The van der Waals surface area contributed by atoms with Crippen LogP contribution >= 0.6 is 11.6 Å². The van der Waals surface area contributed by atoms with E-state index in [0.717, 1.165) is 0 Å².